The summed E-state index contributed by atoms with van der Waals surface area (Å²) >= 11 is 6.08. The average Bonchev–Trinajstić information content (AvgIpc) is 2.87. The topological polar surface area (TPSA) is 56.3 Å². The Morgan fingerprint density at radius 3 is 2.75 bits per heavy atom. The van der Waals surface area contributed by atoms with E-state index in [1.807, 2.05) is 25.1 Å². The molecule has 0 spiro atoms. The first kappa shape index (κ1) is 14.3. The summed E-state index contributed by atoms with van der Waals surface area (Å²) in [5.41, 5.74) is 1.95. The summed E-state index contributed by atoms with van der Waals surface area (Å²) in [5.74, 6) is 1.10. The molecule has 104 valence electrons. The number of nitrogens with zero attached hydrogens (tertiary/aromatic N) is 1. The van der Waals surface area contributed by atoms with Gasteiger partial charge in [-0.1, -0.05) is 30.7 Å². The van der Waals surface area contributed by atoms with Crippen molar-refractivity contribution in [2.45, 2.75) is 20.3 Å². The molecule has 0 fully saturated rings. The van der Waals surface area contributed by atoms with Crippen LogP contribution in [0.4, 0.5) is 0 Å². The molecule has 1 aromatic carbocycles. The number of hydrogen-bond acceptors (Lipinski definition) is 3. The second-order valence-corrected chi connectivity index (χ2v) is 4.82. The quantitative estimate of drug-likeness (QED) is 0.592. The van der Waals surface area contributed by atoms with E-state index < -0.39 is 4.92 Å². The van der Waals surface area contributed by atoms with Crippen molar-refractivity contribution < 1.29 is 9.34 Å². The molecule has 2 rings (SSSR count). The van der Waals surface area contributed by atoms with E-state index in [0.29, 0.717) is 23.0 Å². The monoisotopic (exact) mass is 291 g/mol. The molecule has 0 radical (unpaired) electrons. The Bertz CT molecular complexity index is 674. The summed E-state index contributed by atoms with van der Waals surface area (Å²) in [6, 6.07) is 9.12. The van der Waals surface area contributed by atoms with E-state index in [1.165, 1.54) is 6.08 Å². The van der Waals surface area contributed by atoms with Gasteiger partial charge in [-0.3, -0.25) is 10.1 Å². The third-order valence-corrected chi connectivity index (χ3v) is 3.40. The van der Waals surface area contributed by atoms with Gasteiger partial charge in [0.25, 0.3) is 0 Å². The van der Waals surface area contributed by atoms with Crippen molar-refractivity contribution in [1.82, 2.24) is 0 Å². The van der Waals surface area contributed by atoms with E-state index in [2.05, 4.69) is 0 Å². The van der Waals surface area contributed by atoms with Crippen LogP contribution >= 0.6 is 11.6 Å². The number of aryl methyl sites for hydroxylation is 1. The van der Waals surface area contributed by atoms with Gasteiger partial charge >= 0.3 is 0 Å². The first-order chi connectivity index (χ1) is 9.51. The molecule has 0 aliphatic carbocycles. The number of furan rings is 1. The lowest BCUT2D eigenvalue weighted by Crippen LogP contribution is -1.95. The predicted molar refractivity (Wildman–Crippen MR) is 79.2 cm³/mol. The maximum absolute atomic E-state index is 10.8. The fraction of sp³-hybridized carbons (Fsp3) is 0.200. The lowest BCUT2D eigenvalue weighted by molar-refractivity contribution is -0.425. The van der Waals surface area contributed by atoms with Gasteiger partial charge in [-0.15, -0.1) is 0 Å². The van der Waals surface area contributed by atoms with Crippen molar-refractivity contribution in [1.29, 1.82) is 0 Å². The van der Waals surface area contributed by atoms with Crippen molar-refractivity contribution in [3.8, 4) is 11.3 Å². The van der Waals surface area contributed by atoms with Crippen molar-refractivity contribution in [2.24, 2.45) is 0 Å². The standard InChI is InChI=1S/C15H14ClNO3/c1-3-12(17(18)19)9-13-6-7-15(20-13)11-5-4-10(2)14(16)8-11/h4-9H,3H2,1-2H3/b12-9+. The van der Waals surface area contributed by atoms with Crippen molar-refractivity contribution in [2.75, 3.05) is 0 Å². The zero-order valence-corrected chi connectivity index (χ0v) is 12.0. The normalized spacial score (nSPS) is 11.7. The molecule has 0 saturated carbocycles. The molecule has 0 aliphatic rings. The van der Waals surface area contributed by atoms with Gasteiger partial charge in [-0.2, -0.15) is 0 Å². The SMILES string of the molecule is CC/C(=C\c1ccc(-c2ccc(C)c(Cl)c2)o1)[N+](=O)[O-]. The van der Waals surface area contributed by atoms with E-state index >= 15 is 0 Å². The first-order valence-corrected chi connectivity index (χ1v) is 6.60. The van der Waals surface area contributed by atoms with Crippen LogP contribution in [0.5, 0.6) is 0 Å². The molecule has 4 nitrogen and oxygen atoms in total. The zero-order valence-electron chi connectivity index (χ0n) is 11.2. The molecule has 5 heteroatoms. The van der Waals surface area contributed by atoms with Crippen molar-refractivity contribution in [3.05, 3.63) is 62.5 Å². The van der Waals surface area contributed by atoms with Crippen LogP contribution in [0.25, 0.3) is 17.4 Å². The summed E-state index contributed by atoms with van der Waals surface area (Å²) in [4.78, 5) is 10.4. The minimum atomic E-state index is -0.398. The third-order valence-electron chi connectivity index (χ3n) is 2.99. The summed E-state index contributed by atoms with van der Waals surface area (Å²) < 4.78 is 5.61. The second kappa shape index (κ2) is 5.92. The molecule has 0 aliphatic heterocycles. The largest absolute Gasteiger partial charge is 0.456 e. The molecule has 0 amide bonds. The zero-order chi connectivity index (χ0) is 14.7. The number of nitro groups is 1. The Morgan fingerprint density at radius 1 is 1.40 bits per heavy atom. The van der Waals surface area contributed by atoms with E-state index in [4.69, 9.17) is 16.0 Å². The Hall–Kier alpha value is -2.07. The average molecular weight is 292 g/mol. The lowest BCUT2D eigenvalue weighted by Gasteiger charge is -2.00. The lowest BCUT2D eigenvalue weighted by atomic mass is 10.1. The number of benzene rings is 1. The minimum Gasteiger partial charge on any atom is -0.456 e. The van der Waals surface area contributed by atoms with Gasteiger partial charge in [-0.25, -0.2) is 0 Å². The minimum absolute atomic E-state index is 0.118. The van der Waals surface area contributed by atoms with E-state index in [9.17, 15) is 10.1 Å². The molecule has 1 aromatic heterocycles. The van der Waals surface area contributed by atoms with Gasteiger partial charge < -0.3 is 4.42 Å². The molecule has 2 aromatic rings. The highest BCUT2D eigenvalue weighted by Crippen LogP contribution is 2.27. The first-order valence-electron chi connectivity index (χ1n) is 6.22. The van der Waals surface area contributed by atoms with Crippen LogP contribution in [-0.2, 0) is 0 Å². The molecule has 0 atom stereocenters. The Balaban J connectivity index is 2.33. The van der Waals surface area contributed by atoms with Gasteiger partial charge in [0.2, 0.25) is 5.70 Å². The number of hydrogen-bond donors (Lipinski definition) is 0. The highest BCUT2D eigenvalue weighted by Gasteiger charge is 2.10. The van der Waals surface area contributed by atoms with Crippen molar-refractivity contribution >= 4 is 17.7 Å². The molecule has 1 heterocycles. The number of rotatable bonds is 4. The Morgan fingerprint density at radius 2 is 2.15 bits per heavy atom. The summed E-state index contributed by atoms with van der Waals surface area (Å²) in [6.45, 7) is 3.66. The highest BCUT2D eigenvalue weighted by molar-refractivity contribution is 6.31. The molecular weight excluding hydrogens is 278 g/mol. The van der Waals surface area contributed by atoms with Crippen LogP contribution < -0.4 is 0 Å². The van der Waals surface area contributed by atoms with Gasteiger partial charge in [0.1, 0.15) is 11.5 Å². The molecular formula is C15H14ClNO3. The van der Waals surface area contributed by atoms with Crippen LogP contribution in [0, 0.1) is 17.0 Å². The van der Waals surface area contributed by atoms with Gasteiger partial charge in [0, 0.05) is 17.0 Å². The van der Waals surface area contributed by atoms with Crippen LogP contribution in [0.1, 0.15) is 24.7 Å². The molecule has 0 N–H and O–H groups in total. The summed E-state index contributed by atoms with van der Waals surface area (Å²) in [5, 5.41) is 11.4. The number of halogens is 1. The highest BCUT2D eigenvalue weighted by atomic mass is 35.5. The maximum atomic E-state index is 10.8. The van der Waals surface area contributed by atoms with Gasteiger partial charge in [0.15, 0.2) is 0 Å². The number of allylic oxidation sites excluding steroid dienone is 1. The van der Waals surface area contributed by atoms with Gasteiger partial charge in [-0.05, 0) is 30.7 Å². The molecule has 0 bridgehead atoms. The Kier molecular flexibility index (Phi) is 4.25. The van der Waals surface area contributed by atoms with E-state index in [0.717, 1.165) is 11.1 Å². The smallest absolute Gasteiger partial charge is 0.249 e. The van der Waals surface area contributed by atoms with Gasteiger partial charge in [0.05, 0.1) is 11.0 Å². The van der Waals surface area contributed by atoms with E-state index in [1.54, 1.807) is 19.1 Å². The van der Waals surface area contributed by atoms with Crippen LogP contribution in [0.3, 0.4) is 0 Å². The van der Waals surface area contributed by atoms with E-state index in [-0.39, 0.29) is 5.70 Å². The second-order valence-electron chi connectivity index (χ2n) is 4.41. The molecule has 0 unspecified atom stereocenters. The van der Waals surface area contributed by atoms with Crippen LogP contribution in [0.15, 0.2) is 40.4 Å². The predicted octanol–water partition coefficient (Wildman–Crippen LogP) is 4.94. The third kappa shape index (κ3) is 3.08. The maximum Gasteiger partial charge on any atom is 0.249 e. The van der Waals surface area contributed by atoms with Crippen LogP contribution in [-0.4, -0.2) is 4.92 Å². The fourth-order valence-corrected chi connectivity index (χ4v) is 1.96. The molecule has 20 heavy (non-hydrogen) atoms. The molecule has 0 saturated heterocycles. The summed E-state index contributed by atoms with van der Waals surface area (Å²) in [7, 11) is 0. The summed E-state index contributed by atoms with van der Waals surface area (Å²) in [6.07, 6.45) is 1.79. The Labute approximate surface area is 121 Å². The fourth-order valence-electron chi connectivity index (χ4n) is 1.78. The van der Waals surface area contributed by atoms with Crippen LogP contribution in [0.2, 0.25) is 5.02 Å². The van der Waals surface area contributed by atoms with Crippen molar-refractivity contribution in [3.63, 3.8) is 0 Å².